The summed E-state index contributed by atoms with van der Waals surface area (Å²) >= 11 is 0. The third kappa shape index (κ3) is 3.56. The highest BCUT2D eigenvalue weighted by Gasteiger charge is 2.38. The Morgan fingerprint density at radius 1 is 1.16 bits per heavy atom. The number of rotatable bonds is 5. The van der Waals surface area contributed by atoms with Crippen LogP contribution in [0.2, 0.25) is 0 Å². The van der Waals surface area contributed by atoms with Gasteiger partial charge >= 0.3 is 5.97 Å². The van der Waals surface area contributed by atoms with E-state index in [1.165, 1.54) is 0 Å². The number of nitrogens with one attached hydrogen (secondary N) is 1. The molecule has 1 amide bonds. The predicted molar refractivity (Wildman–Crippen MR) is 73.9 cm³/mol. The van der Waals surface area contributed by atoms with Crippen molar-refractivity contribution in [2.24, 2.45) is 5.92 Å². The Balaban J connectivity index is 3.05. The molecule has 1 atom stereocenters. The minimum Gasteiger partial charge on any atom is -0.480 e. The molecule has 4 heteroatoms. The molecule has 104 valence electrons. The van der Waals surface area contributed by atoms with Crippen LogP contribution >= 0.6 is 0 Å². The third-order valence-electron chi connectivity index (χ3n) is 3.30. The van der Waals surface area contributed by atoms with Crippen LogP contribution < -0.4 is 5.32 Å². The van der Waals surface area contributed by atoms with Gasteiger partial charge in [0.05, 0.1) is 0 Å². The van der Waals surface area contributed by atoms with E-state index in [0.29, 0.717) is 0 Å². The van der Waals surface area contributed by atoms with Gasteiger partial charge in [-0.25, -0.2) is 4.79 Å². The molecule has 4 nitrogen and oxygen atoms in total. The Morgan fingerprint density at radius 3 is 2.11 bits per heavy atom. The highest BCUT2D eigenvalue weighted by Crippen LogP contribution is 2.27. The van der Waals surface area contributed by atoms with E-state index in [1.54, 1.807) is 13.8 Å². The van der Waals surface area contributed by atoms with Crippen LogP contribution in [0.15, 0.2) is 30.3 Å². The molecule has 1 unspecified atom stereocenters. The first-order chi connectivity index (χ1) is 8.76. The number of hydrogen-bond donors (Lipinski definition) is 2. The highest BCUT2D eigenvalue weighted by atomic mass is 16.4. The van der Waals surface area contributed by atoms with Gasteiger partial charge in [-0.2, -0.15) is 0 Å². The number of carboxylic acid groups (broad SMARTS) is 1. The SMILES string of the molecule is CC(C)C(=O)NC(C(=O)O)C(C)(C)c1ccccc1. The second-order valence-electron chi connectivity index (χ2n) is 5.52. The fourth-order valence-corrected chi connectivity index (χ4v) is 1.89. The van der Waals surface area contributed by atoms with Crippen molar-refractivity contribution in [3.8, 4) is 0 Å². The topological polar surface area (TPSA) is 66.4 Å². The van der Waals surface area contributed by atoms with Crippen molar-refractivity contribution in [1.82, 2.24) is 5.32 Å². The fraction of sp³-hybridized carbons (Fsp3) is 0.467. The minimum absolute atomic E-state index is 0.242. The summed E-state index contributed by atoms with van der Waals surface area (Å²) < 4.78 is 0. The molecular weight excluding hydrogens is 242 g/mol. The normalized spacial score (nSPS) is 13.1. The number of hydrogen-bond acceptors (Lipinski definition) is 2. The summed E-state index contributed by atoms with van der Waals surface area (Å²) in [6.07, 6.45) is 0. The molecule has 1 aromatic rings. The zero-order valence-corrected chi connectivity index (χ0v) is 11.8. The Hall–Kier alpha value is -1.84. The molecule has 0 aliphatic carbocycles. The number of carboxylic acids is 1. The number of carbonyl (C=O) groups excluding carboxylic acids is 1. The molecule has 0 heterocycles. The molecule has 0 saturated heterocycles. The number of amides is 1. The van der Waals surface area contributed by atoms with Gasteiger partial charge < -0.3 is 10.4 Å². The van der Waals surface area contributed by atoms with E-state index in [4.69, 9.17) is 0 Å². The van der Waals surface area contributed by atoms with Crippen LogP contribution in [0.3, 0.4) is 0 Å². The molecule has 0 aromatic heterocycles. The first-order valence-corrected chi connectivity index (χ1v) is 6.35. The minimum atomic E-state index is -1.03. The molecule has 0 bridgehead atoms. The van der Waals surface area contributed by atoms with Gasteiger partial charge in [0.1, 0.15) is 6.04 Å². The Morgan fingerprint density at radius 2 is 1.68 bits per heavy atom. The summed E-state index contributed by atoms with van der Waals surface area (Å²) in [5, 5.41) is 12.0. The smallest absolute Gasteiger partial charge is 0.327 e. The van der Waals surface area contributed by atoms with Gasteiger partial charge in [0, 0.05) is 11.3 Å². The lowest BCUT2D eigenvalue weighted by molar-refractivity contribution is -0.144. The molecule has 19 heavy (non-hydrogen) atoms. The van der Waals surface area contributed by atoms with E-state index < -0.39 is 17.4 Å². The van der Waals surface area contributed by atoms with Gasteiger partial charge in [-0.3, -0.25) is 4.79 Å². The maximum atomic E-state index is 11.8. The second kappa shape index (κ2) is 5.87. The first-order valence-electron chi connectivity index (χ1n) is 6.35. The van der Waals surface area contributed by atoms with E-state index >= 15 is 0 Å². The largest absolute Gasteiger partial charge is 0.480 e. The Labute approximate surface area is 113 Å². The van der Waals surface area contributed by atoms with Crippen LogP contribution in [0.5, 0.6) is 0 Å². The maximum Gasteiger partial charge on any atom is 0.327 e. The molecule has 2 N–H and O–H groups in total. The van der Waals surface area contributed by atoms with Crippen molar-refractivity contribution in [1.29, 1.82) is 0 Å². The fourth-order valence-electron chi connectivity index (χ4n) is 1.89. The van der Waals surface area contributed by atoms with Gasteiger partial charge in [0.2, 0.25) is 5.91 Å². The summed E-state index contributed by atoms with van der Waals surface area (Å²) in [5.41, 5.74) is 0.198. The standard InChI is InChI=1S/C15H21NO3/c1-10(2)13(17)16-12(14(18)19)15(3,4)11-8-6-5-7-9-11/h5-10,12H,1-4H3,(H,16,17)(H,18,19). The van der Waals surface area contributed by atoms with E-state index in [1.807, 2.05) is 44.2 Å². The summed E-state index contributed by atoms with van der Waals surface area (Å²) in [6, 6.07) is 8.39. The van der Waals surface area contributed by atoms with Crippen molar-refractivity contribution in [2.75, 3.05) is 0 Å². The average molecular weight is 263 g/mol. The second-order valence-corrected chi connectivity index (χ2v) is 5.52. The van der Waals surface area contributed by atoms with E-state index in [9.17, 15) is 14.7 Å². The Bertz CT molecular complexity index is 452. The monoisotopic (exact) mass is 263 g/mol. The van der Waals surface area contributed by atoms with Gasteiger partial charge in [-0.1, -0.05) is 58.0 Å². The van der Waals surface area contributed by atoms with Crippen LogP contribution in [0, 0.1) is 5.92 Å². The Kier molecular flexibility index (Phi) is 4.70. The summed E-state index contributed by atoms with van der Waals surface area (Å²) in [5.74, 6) is -1.52. The average Bonchev–Trinajstić information content (AvgIpc) is 2.35. The zero-order chi connectivity index (χ0) is 14.6. The molecule has 0 spiro atoms. The van der Waals surface area contributed by atoms with Crippen molar-refractivity contribution >= 4 is 11.9 Å². The lowest BCUT2D eigenvalue weighted by atomic mass is 9.77. The highest BCUT2D eigenvalue weighted by molar-refractivity contribution is 5.85. The van der Waals surface area contributed by atoms with E-state index in [0.717, 1.165) is 5.56 Å². The lowest BCUT2D eigenvalue weighted by Crippen LogP contribution is -2.53. The maximum absolute atomic E-state index is 11.8. The van der Waals surface area contributed by atoms with Gasteiger partial charge in [0.15, 0.2) is 0 Å². The van der Waals surface area contributed by atoms with Crippen LogP contribution in [0.1, 0.15) is 33.3 Å². The summed E-state index contributed by atoms with van der Waals surface area (Å²) in [6.45, 7) is 7.12. The lowest BCUT2D eigenvalue weighted by Gasteiger charge is -2.33. The summed E-state index contributed by atoms with van der Waals surface area (Å²) in [7, 11) is 0. The molecule has 0 fully saturated rings. The van der Waals surface area contributed by atoms with Crippen molar-refractivity contribution in [2.45, 2.75) is 39.2 Å². The first kappa shape index (κ1) is 15.2. The van der Waals surface area contributed by atoms with Crippen LogP contribution in [0.25, 0.3) is 0 Å². The van der Waals surface area contributed by atoms with Crippen LogP contribution in [-0.4, -0.2) is 23.0 Å². The number of carbonyl (C=O) groups is 2. The van der Waals surface area contributed by atoms with E-state index in [2.05, 4.69) is 5.32 Å². The van der Waals surface area contributed by atoms with E-state index in [-0.39, 0.29) is 11.8 Å². The molecule has 0 radical (unpaired) electrons. The zero-order valence-electron chi connectivity index (χ0n) is 11.8. The molecule has 0 aliphatic heterocycles. The van der Waals surface area contributed by atoms with Gasteiger partial charge in [-0.05, 0) is 5.56 Å². The molecule has 1 aromatic carbocycles. The quantitative estimate of drug-likeness (QED) is 0.855. The van der Waals surface area contributed by atoms with Crippen LogP contribution in [-0.2, 0) is 15.0 Å². The molecular formula is C15H21NO3. The van der Waals surface area contributed by atoms with Crippen molar-refractivity contribution < 1.29 is 14.7 Å². The van der Waals surface area contributed by atoms with Crippen LogP contribution in [0.4, 0.5) is 0 Å². The molecule has 0 aliphatic rings. The number of benzene rings is 1. The third-order valence-corrected chi connectivity index (χ3v) is 3.30. The van der Waals surface area contributed by atoms with Gasteiger partial charge in [0.25, 0.3) is 0 Å². The van der Waals surface area contributed by atoms with Gasteiger partial charge in [-0.15, -0.1) is 0 Å². The number of aliphatic carboxylic acids is 1. The summed E-state index contributed by atoms with van der Waals surface area (Å²) in [4.78, 5) is 23.2. The molecule has 0 saturated carbocycles. The predicted octanol–water partition coefficient (Wildman–Crippen LogP) is 2.19. The molecule has 1 rings (SSSR count). The van der Waals surface area contributed by atoms with Crippen molar-refractivity contribution in [3.63, 3.8) is 0 Å². The van der Waals surface area contributed by atoms with Crippen molar-refractivity contribution in [3.05, 3.63) is 35.9 Å².